The first-order chi connectivity index (χ1) is 12.6. The van der Waals surface area contributed by atoms with E-state index in [1.807, 2.05) is 48.5 Å². The lowest BCUT2D eigenvalue weighted by atomic mass is 10.0. The van der Waals surface area contributed by atoms with Crippen molar-refractivity contribution in [3.63, 3.8) is 0 Å². The second-order valence-electron chi connectivity index (χ2n) is 6.58. The number of ether oxygens (including phenoxy) is 3. The van der Waals surface area contributed by atoms with Gasteiger partial charge in [-0.3, -0.25) is 0 Å². The van der Waals surface area contributed by atoms with Crippen LogP contribution in [0, 0.1) is 0 Å². The number of fused-ring (bicyclic) bond motifs is 1. The Hall–Kier alpha value is -2.05. The van der Waals surface area contributed by atoms with Gasteiger partial charge in [-0.05, 0) is 23.8 Å². The number of amides is 1. The van der Waals surface area contributed by atoms with Crippen molar-refractivity contribution < 1.29 is 19.0 Å². The quantitative estimate of drug-likeness (QED) is 0.722. The van der Waals surface area contributed by atoms with Crippen LogP contribution in [0.4, 0.5) is 4.79 Å². The molecule has 2 aromatic rings. The largest absolute Gasteiger partial charge is 0.462 e. The molecule has 0 saturated carbocycles. The lowest BCUT2D eigenvalue weighted by Gasteiger charge is -2.43. The van der Waals surface area contributed by atoms with Gasteiger partial charge in [0.05, 0.1) is 6.61 Å². The van der Waals surface area contributed by atoms with Crippen molar-refractivity contribution in [2.24, 2.45) is 0 Å². The zero-order valence-electron chi connectivity index (χ0n) is 14.3. The van der Waals surface area contributed by atoms with Gasteiger partial charge in [-0.1, -0.05) is 46.3 Å². The molecule has 26 heavy (non-hydrogen) atoms. The number of carbonyl (C=O) groups is 1. The van der Waals surface area contributed by atoms with E-state index in [1.165, 1.54) is 0 Å². The smallest absolute Gasteiger partial charge is 0.410 e. The number of piperidine rings is 1. The normalized spacial score (nSPS) is 18.1. The highest BCUT2D eigenvalue weighted by atomic mass is 79.9. The summed E-state index contributed by atoms with van der Waals surface area (Å²) in [5.41, 5.74) is 2.02. The topological polar surface area (TPSA) is 48.0 Å². The van der Waals surface area contributed by atoms with E-state index >= 15 is 0 Å². The minimum Gasteiger partial charge on any atom is -0.462 e. The maximum absolute atomic E-state index is 12.3. The maximum Gasteiger partial charge on any atom is 0.410 e. The molecule has 1 spiro atoms. The van der Waals surface area contributed by atoms with E-state index in [0.29, 0.717) is 32.5 Å². The third-order valence-electron chi connectivity index (χ3n) is 4.80. The van der Waals surface area contributed by atoms with Crippen LogP contribution >= 0.6 is 15.9 Å². The predicted molar refractivity (Wildman–Crippen MR) is 99.7 cm³/mol. The number of carbonyl (C=O) groups excluding carboxylic acids is 1. The molecule has 6 heteroatoms. The van der Waals surface area contributed by atoms with Gasteiger partial charge in [-0.25, -0.2) is 4.79 Å². The van der Waals surface area contributed by atoms with E-state index in [4.69, 9.17) is 14.2 Å². The van der Waals surface area contributed by atoms with Crippen molar-refractivity contribution >= 4 is 22.0 Å². The van der Waals surface area contributed by atoms with E-state index in [-0.39, 0.29) is 12.7 Å². The van der Waals surface area contributed by atoms with Gasteiger partial charge in [0.25, 0.3) is 0 Å². The molecule has 0 bridgehead atoms. The molecule has 0 aliphatic carbocycles. The van der Waals surface area contributed by atoms with E-state index in [2.05, 4.69) is 15.9 Å². The first kappa shape index (κ1) is 17.4. The van der Waals surface area contributed by atoms with Crippen LogP contribution < -0.4 is 4.74 Å². The second-order valence-corrected chi connectivity index (χ2v) is 7.50. The van der Waals surface area contributed by atoms with Crippen LogP contribution in [-0.2, 0) is 22.7 Å². The van der Waals surface area contributed by atoms with E-state index in [0.717, 1.165) is 21.3 Å². The zero-order valence-corrected chi connectivity index (χ0v) is 15.9. The molecule has 2 aromatic carbocycles. The van der Waals surface area contributed by atoms with E-state index < -0.39 is 5.79 Å². The summed E-state index contributed by atoms with van der Waals surface area (Å²) >= 11 is 3.46. The molecule has 2 heterocycles. The van der Waals surface area contributed by atoms with Crippen LogP contribution in [0.25, 0.3) is 0 Å². The lowest BCUT2D eigenvalue weighted by molar-refractivity contribution is -0.226. The summed E-state index contributed by atoms with van der Waals surface area (Å²) in [5.74, 6) is 0.219. The summed E-state index contributed by atoms with van der Waals surface area (Å²) in [6.45, 7) is 1.92. The fourth-order valence-corrected chi connectivity index (χ4v) is 3.69. The van der Waals surface area contributed by atoms with Crippen LogP contribution in [0.3, 0.4) is 0 Å². The van der Waals surface area contributed by atoms with Gasteiger partial charge < -0.3 is 19.1 Å². The fraction of sp³-hybridized carbons (Fsp3) is 0.350. The van der Waals surface area contributed by atoms with Gasteiger partial charge in [0.15, 0.2) is 0 Å². The molecular formula is C20H20BrNO4. The molecule has 2 aliphatic rings. The standard InChI is InChI=1S/C20H20BrNO4/c21-17-6-7-18-16(12-17)14-25-20(26-18)8-10-22(11-9-20)19(23)24-13-15-4-2-1-3-5-15/h1-7,12H,8-11,13-14H2. The molecule has 0 radical (unpaired) electrons. The average molecular weight is 418 g/mol. The summed E-state index contributed by atoms with van der Waals surface area (Å²) in [6, 6.07) is 15.6. The molecule has 4 rings (SSSR count). The summed E-state index contributed by atoms with van der Waals surface area (Å²) in [6.07, 6.45) is 0.968. The van der Waals surface area contributed by atoms with Crippen molar-refractivity contribution in [3.8, 4) is 5.75 Å². The third-order valence-corrected chi connectivity index (χ3v) is 5.29. The molecule has 136 valence electrons. The maximum atomic E-state index is 12.3. The Labute approximate surface area is 161 Å². The molecule has 2 aliphatic heterocycles. The highest BCUT2D eigenvalue weighted by molar-refractivity contribution is 9.10. The fourth-order valence-electron chi connectivity index (χ4n) is 3.29. The van der Waals surface area contributed by atoms with Crippen molar-refractivity contribution in [2.45, 2.75) is 31.8 Å². The first-order valence-electron chi connectivity index (χ1n) is 8.71. The van der Waals surface area contributed by atoms with E-state index in [9.17, 15) is 4.79 Å². The molecule has 1 saturated heterocycles. The van der Waals surface area contributed by atoms with Crippen molar-refractivity contribution in [1.29, 1.82) is 0 Å². The minimum absolute atomic E-state index is 0.288. The number of hydrogen-bond donors (Lipinski definition) is 0. The Morgan fingerprint density at radius 2 is 1.92 bits per heavy atom. The number of halogens is 1. The first-order valence-corrected chi connectivity index (χ1v) is 9.50. The molecule has 0 N–H and O–H groups in total. The Bertz CT molecular complexity index is 788. The molecule has 0 atom stereocenters. The molecule has 5 nitrogen and oxygen atoms in total. The van der Waals surface area contributed by atoms with Gasteiger partial charge in [-0.15, -0.1) is 0 Å². The third kappa shape index (κ3) is 3.71. The Kier molecular flexibility index (Phi) is 4.87. The number of rotatable bonds is 2. The average Bonchev–Trinajstić information content (AvgIpc) is 2.68. The second kappa shape index (κ2) is 7.29. The monoisotopic (exact) mass is 417 g/mol. The van der Waals surface area contributed by atoms with E-state index in [1.54, 1.807) is 4.90 Å². The van der Waals surface area contributed by atoms with Crippen molar-refractivity contribution in [2.75, 3.05) is 13.1 Å². The molecule has 1 fully saturated rings. The van der Waals surface area contributed by atoms with Crippen LogP contribution in [0.2, 0.25) is 0 Å². The van der Waals surface area contributed by atoms with Crippen LogP contribution in [-0.4, -0.2) is 29.9 Å². The summed E-state index contributed by atoms with van der Waals surface area (Å²) < 4.78 is 18.6. The van der Waals surface area contributed by atoms with Crippen molar-refractivity contribution in [1.82, 2.24) is 4.90 Å². The number of benzene rings is 2. The Balaban J connectivity index is 1.32. The number of likely N-dealkylation sites (tertiary alicyclic amines) is 1. The van der Waals surface area contributed by atoms with Gasteiger partial charge >= 0.3 is 6.09 Å². The summed E-state index contributed by atoms with van der Waals surface area (Å²) in [5, 5.41) is 0. The van der Waals surface area contributed by atoms with Gasteiger partial charge in [0.1, 0.15) is 12.4 Å². The Morgan fingerprint density at radius 3 is 2.69 bits per heavy atom. The SMILES string of the molecule is O=C(OCc1ccccc1)N1CCC2(CC1)OCc1cc(Br)ccc1O2. The summed E-state index contributed by atoms with van der Waals surface area (Å²) in [4.78, 5) is 14.0. The molecule has 0 aromatic heterocycles. The van der Waals surface area contributed by atoms with Crippen LogP contribution in [0.15, 0.2) is 53.0 Å². The van der Waals surface area contributed by atoms with Crippen LogP contribution in [0.5, 0.6) is 5.75 Å². The Morgan fingerprint density at radius 1 is 1.15 bits per heavy atom. The van der Waals surface area contributed by atoms with Crippen LogP contribution in [0.1, 0.15) is 24.0 Å². The molecular weight excluding hydrogens is 398 g/mol. The van der Waals surface area contributed by atoms with Gasteiger partial charge in [-0.2, -0.15) is 0 Å². The molecule has 0 unspecified atom stereocenters. The van der Waals surface area contributed by atoms with Gasteiger partial charge in [0.2, 0.25) is 5.79 Å². The number of nitrogens with zero attached hydrogens (tertiary/aromatic N) is 1. The summed E-state index contributed by atoms with van der Waals surface area (Å²) in [7, 11) is 0. The van der Waals surface area contributed by atoms with Gasteiger partial charge in [0, 0.05) is 36.0 Å². The highest BCUT2D eigenvalue weighted by Crippen LogP contribution is 2.38. The highest BCUT2D eigenvalue weighted by Gasteiger charge is 2.42. The van der Waals surface area contributed by atoms with Crippen molar-refractivity contribution in [3.05, 3.63) is 64.1 Å². The lowest BCUT2D eigenvalue weighted by Crippen LogP contribution is -2.52. The minimum atomic E-state index is -0.642. The molecule has 1 amide bonds. The zero-order chi connectivity index (χ0) is 18.0. The predicted octanol–water partition coefficient (Wildman–Crippen LogP) is 4.49. The number of hydrogen-bond acceptors (Lipinski definition) is 4.